The number of nitrogens with zero attached hydrogens (tertiary/aromatic N) is 1. The maximum absolute atomic E-state index is 11.9. The van der Waals surface area contributed by atoms with Crippen molar-refractivity contribution >= 4 is 11.8 Å². The summed E-state index contributed by atoms with van der Waals surface area (Å²) < 4.78 is 5.27. The zero-order valence-corrected chi connectivity index (χ0v) is 12.0. The second-order valence-corrected chi connectivity index (χ2v) is 5.49. The Balaban J connectivity index is 2.27. The molecule has 0 aromatic heterocycles. The van der Waals surface area contributed by atoms with E-state index in [1.807, 2.05) is 13.8 Å². The summed E-state index contributed by atoms with van der Waals surface area (Å²) in [6.45, 7) is 5.90. The number of nitrogens with two attached hydrogens (primary N) is 1. The molecule has 1 aliphatic rings. The lowest BCUT2D eigenvalue weighted by molar-refractivity contribution is -0.132. The van der Waals surface area contributed by atoms with Gasteiger partial charge in [0.25, 0.3) is 0 Å². The van der Waals surface area contributed by atoms with Crippen LogP contribution < -0.4 is 11.1 Å². The van der Waals surface area contributed by atoms with Crippen molar-refractivity contribution in [3.05, 3.63) is 0 Å². The van der Waals surface area contributed by atoms with Gasteiger partial charge < -0.3 is 20.7 Å². The van der Waals surface area contributed by atoms with Crippen LogP contribution in [0, 0.1) is 11.8 Å². The van der Waals surface area contributed by atoms with E-state index in [1.54, 1.807) is 11.9 Å². The largest absolute Gasteiger partial charge is 0.381 e. The molecule has 6 nitrogen and oxygen atoms in total. The van der Waals surface area contributed by atoms with E-state index >= 15 is 0 Å². The van der Waals surface area contributed by atoms with Gasteiger partial charge in [0.1, 0.15) is 0 Å². The van der Waals surface area contributed by atoms with Gasteiger partial charge in [-0.2, -0.15) is 0 Å². The van der Waals surface area contributed by atoms with Crippen LogP contribution in [0.2, 0.25) is 0 Å². The molecule has 0 aromatic rings. The van der Waals surface area contributed by atoms with Crippen LogP contribution in [-0.4, -0.2) is 56.1 Å². The van der Waals surface area contributed by atoms with E-state index in [2.05, 4.69) is 5.32 Å². The Kier molecular flexibility index (Phi) is 6.24. The molecule has 0 aromatic carbocycles. The van der Waals surface area contributed by atoms with E-state index in [-0.39, 0.29) is 24.3 Å². The predicted molar refractivity (Wildman–Crippen MR) is 72.4 cm³/mol. The molecule has 1 aliphatic heterocycles. The highest BCUT2D eigenvalue weighted by Crippen LogP contribution is 2.13. The van der Waals surface area contributed by atoms with E-state index in [4.69, 9.17) is 10.5 Å². The molecule has 0 aliphatic carbocycles. The highest BCUT2D eigenvalue weighted by Gasteiger charge is 2.21. The van der Waals surface area contributed by atoms with Crippen molar-refractivity contribution in [2.75, 3.05) is 33.4 Å². The molecular formula is C13H25N3O3. The molecule has 1 fully saturated rings. The summed E-state index contributed by atoms with van der Waals surface area (Å²) in [5, 5.41) is 2.58. The molecule has 6 heteroatoms. The smallest absolute Gasteiger partial charge is 0.241 e. The Morgan fingerprint density at radius 3 is 2.68 bits per heavy atom. The fourth-order valence-electron chi connectivity index (χ4n) is 1.93. The van der Waals surface area contributed by atoms with Gasteiger partial charge in [-0.05, 0) is 12.3 Å². The highest BCUT2D eigenvalue weighted by atomic mass is 16.5. The van der Waals surface area contributed by atoms with Crippen LogP contribution in [0.5, 0.6) is 0 Å². The number of hydrogen-bond donors (Lipinski definition) is 2. The van der Waals surface area contributed by atoms with E-state index in [9.17, 15) is 9.59 Å². The monoisotopic (exact) mass is 271 g/mol. The molecule has 0 bridgehead atoms. The number of likely N-dealkylation sites (N-methyl/N-ethyl adjacent to an activating group) is 1. The summed E-state index contributed by atoms with van der Waals surface area (Å²) in [5.74, 6) is 0.0863. The quantitative estimate of drug-likeness (QED) is 0.687. The number of carbonyl (C=O) groups is 2. The maximum atomic E-state index is 11.9. The van der Waals surface area contributed by atoms with Crippen molar-refractivity contribution in [1.29, 1.82) is 0 Å². The van der Waals surface area contributed by atoms with Gasteiger partial charge in [0, 0.05) is 26.1 Å². The molecule has 1 unspecified atom stereocenters. The zero-order chi connectivity index (χ0) is 14.4. The Morgan fingerprint density at radius 2 is 2.16 bits per heavy atom. The molecule has 0 saturated carbocycles. The van der Waals surface area contributed by atoms with Crippen molar-refractivity contribution in [1.82, 2.24) is 10.2 Å². The third kappa shape index (κ3) is 5.16. The molecule has 1 rings (SSSR count). The molecule has 1 saturated heterocycles. The lowest BCUT2D eigenvalue weighted by Gasteiger charge is -2.21. The molecular weight excluding hydrogens is 246 g/mol. The van der Waals surface area contributed by atoms with Gasteiger partial charge in [0.2, 0.25) is 11.8 Å². The van der Waals surface area contributed by atoms with Gasteiger partial charge in [-0.25, -0.2) is 0 Å². The number of hydrogen-bond acceptors (Lipinski definition) is 4. The SMILES string of the molecule is CC(C)[C@H](N)C(=O)NCC(=O)N(C)CC1CCOC1. The first-order chi connectivity index (χ1) is 8.91. The minimum absolute atomic E-state index is 0.00330. The van der Waals surface area contributed by atoms with Gasteiger partial charge in [-0.3, -0.25) is 9.59 Å². The third-order valence-electron chi connectivity index (χ3n) is 3.42. The topological polar surface area (TPSA) is 84.7 Å². The number of carbonyl (C=O) groups excluding carboxylic acids is 2. The van der Waals surface area contributed by atoms with Crippen molar-refractivity contribution in [2.45, 2.75) is 26.3 Å². The van der Waals surface area contributed by atoms with E-state index in [0.29, 0.717) is 19.1 Å². The van der Waals surface area contributed by atoms with Crippen molar-refractivity contribution < 1.29 is 14.3 Å². The van der Waals surface area contributed by atoms with Gasteiger partial charge >= 0.3 is 0 Å². The lowest BCUT2D eigenvalue weighted by atomic mass is 10.1. The summed E-state index contributed by atoms with van der Waals surface area (Å²) in [5.41, 5.74) is 5.70. The Morgan fingerprint density at radius 1 is 1.47 bits per heavy atom. The van der Waals surface area contributed by atoms with E-state index in [1.165, 1.54) is 0 Å². The first kappa shape index (κ1) is 15.9. The summed E-state index contributed by atoms with van der Waals surface area (Å²) in [7, 11) is 1.75. The standard InChI is InChI=1S/C13H25N3O3/c1-9(2)12(14)13(18)15-6-11(17)16(3)7-10-4-5-19-8-10/h9-10,12H,4-8,14H2,1-3H3,(H,15,18)/t10?,12-/m0/s1. The lowest BCUT2D eigenvalue weighted by Crippen LogP contribution is -2.47. The molecule has 0 radical (unpaired) electrons. The van der Waals surface area contributed by atoms with Crippen molar-refractivity contribution in [3.63, 3.8) is 0 Å². The maximum Gasteiger partial charge on any atom is 0.241 e. The molecule has 3 N–H and O–H groups in total. The molecule has 2 amide bonds. The molecule has 2 atom stereocenters. The van der Waals surface area contributed by atoms with Gasteiger partial charge in [-0.1, -0.05) is 13.8 Å². The molecule has 19 heavy (non-hydrogen) atoms. The van der Waals surface area contributed by atoms with Crippen LogP contribution in [-0.2, 0) is 14.3 Å². The second-order valence-electron chi connectivity index (χ2n) is 5.49. The molecule has 0 spiro atoms. The van der Waals surface area contributed by atoms with Gasteiger partial charge in [0.15, 0.2) is 0 Å². The summed E-state index contributed by atoms with van der Waals surface area (Å²) in [6.07, 6.45) is 0.988. The Bertz CT molecular complexity index is 314. The fourth-order valence-corrected chi connectivity index (χ4v) is 1.93. The molecule has 1 heterocycles. The summed E-state index contributed by atoms with van der Waals surface area (Å²) in [4.78, 5) is 25.1. The van der Waals surface area contributed by atoms with Crippen LogP contribution in [0.3, 0.4) is 0 Å². The average Bonchev–Trinajstić information content (AvgIpc) is 2.86. The van der Waals surface area contributed by atoms with Gasteiger partial charge in [-0.15, -0.1) is 0 Å². The number of rotatable bonds is 6. The van der Waals surface area contributed by atoms with Crippen LogP contribution in [0.15, 0.2) is 0 Å². The van der Waals surface area contributed by atoms with Crippen molar-refractivity contribution in [3.8, 4) is 0 Å². The zero-order valence-electron chi connectivity index (χ0n) is 12.0. The average molecular weight is 271 g/mol. The minimum atomic E-state index is -0.568. The number of ether oxygens (including phenoxy) is 1. The summed E-state index contributed by atoms with van der Waals surface area (Å²) in [6, 6.07) is -0.568. The van der Waals surface area contributed by atoms with Crippen molar-refractivity contribution in [2.24, 2.45) is 17.6 Å². The second kappa shape index (κ2) is 7.45. The van der Waals surface area contributed by atoms with E-state index < -0.39 is 6.04 Å². The third-order valence-corrected chi connectivity index (χ3v) is 3.42. The normalized spacial score (nSPS) is 20.4. The number of nitrogens with one attached hydrogen (secondary N) is 1. The number of amides is 2. The van der Waals surface area contributed by atoms with Crippen LogP contribution in [0.1, 0.15) is 20.3 Å². The van der Waals surface area contributed by atoms with E-state index in [0.717, 1.165) is 13.0 Å². The van der Waals surface area contributed by atoms with Crippen LogP contribution in [0.4, 0.5) is 0 Å². The van der Waals surface area contributed by atoms with Crippen LogP contribution >= 0.6 is 0 Å². The summed E-state index contributed by atoms with van der Waals surface area (Å²) >= 11 is 0. The fraction of sp³-hybridized carbons (Fsp3) is 0.846. The first-order valence-corrected chi connectivity index (χ1v) is 6.76. The Labute approximate surface area is 114 Å². The molecule has 110 valence electrons. The highest BCUT2D eigenvalue weighted by molar-refractivity contribution is 5.87. The Hall–Kier alpha value is -1.14. The van der Waals surface area contributed by atoms with Crippen LogP contribution in [0.25, 0.3) is 0 Å². The van der Waals surface area contributed by atoms with Gasteiger partial charge in [0.05, 0.1) is 19.2 Å². The minimum Gasteiger partial charge on any atom is -0.381 e. The predicted octanol–water partition coefficient (Wildman–Crippen LogP) is -0.419. The first-order valence-electron chi connectivity index (χ1n) is 6.76.